The molecule has 0 aliphatic carbocycles. The molecule has 0 spiro atoms. The summed E-state index contributed by atoms with van der Waals surface area (Å²) in [4.78, 5) is 0. The third-order valence-corrected chi connectivity index (χ3v) is 5.03. The van der Waals surface area contributed by atoms with Gasteiger partial charge in [0.05, 0.1) is 11.2 Å². The van der Waals surface area contributed by atoms with E-state index in [9.17, 15) is 0 Å². The molecule has 0 atom stereocenters. The fourth-order valence-electron chi connectivity index (χ4n) is 1.49. The number of aryl methyl sites for hydroxylation is 1. The van der Waals surface area contributed by atoms with Gasteiger partial charge in [-0.3, -0.25) is 0 Å². The van der Waals surface area contributed by atoms with E-state index >= 15 is 0 Å². The molecule has 16 heavy (non-hydrogen) atoms. The Hall–Kier alpha value is 2.10. The average molecular weight is 608 g/mol. The van der Waals surface area contributed by atoms with Crippen LogP contribution in [0.3, 0.4) is 0 Å². The van der Waals surface area contributed by atoms with E-state index in [0.717, 1.165) is 0 Å². The third kappa shape index (κ3) is 3.80. The maximum Gasteiger partial charge on any atom is 0.0953 e. The van der Waals surface area contributed by atoms with Crippen LogP contribution in [0.15, 0.2) is 12.1 Å². The Bertz CT molecular complexity index is 372. The highest BCUT2D eigenvalue weighted by molar-refractivity contribution is 9.24. The SMILES string of the molecule is Cc1ccc(C(Br)Br)c(C(Br)Br)c1C(Br)Br. The van der Waals surface area contributed by atoms with Crippen LogP contribution in [0.2, 0.25) is 0 Å². The maximum atomic E-state index is 3.59. The monoisotopic (exact) mass is 602 g/mol. The predicted molar refractivity (Wildman–Crippen MR) is 93.0 cm³/mol. The molecule has 0 amide bonds. The minimum Gasteiger partial charge on any atom is -0.0712 e. The van der Waals surface area contributed by atoms with Crippen LogP contribution in [0.1, 0.15) is 33.5 Å². The molecule has 0 aliphatic heterocycles. The van der Waals surface area contributed by atoms with Gasteiger partial charge in [-0.25, -0.2) is 0 Å². The van der Waals surface area contributed by atoms with E-state index in [1.807, 2.05) is 0 Å². The first-order valence-corrected chi connectivity index (χ1v) is 9.83. The minimum absolute atomic E-state index is 0.125. The van der Waals surface area contributed by atoms with Gasteiger partial charge in [0.2, 0.25) is 0 Å². The van der Waals surface area contributed by atoms with Crippen molar-refractivity contribution >= 4 is 95.6 Å². The van der Waals surface area contributed by atoms with E-state index in [0.29, 0.717) is 0 Å². The molecular formula is C10H8Br6. The van der Waals surface area contributed by atoms with Gasteiger partial charge in [-0.2, -0.15) is 0 Å². The zero-order valence-corrected chi connectivity index (χ0v) is 17.7. The molecule has 0 fully saturated rings. The second-order valence-electron chi connectivity index (χ2n) is 3.20. The Kier molecular flexibility index (Phi) is 7.10. The number of alkyl halides is 6. The van der Waals surface area contributed by atoms with Crippen molar-refractivity contribution in [1.82, 2.24) is 0 Å². The normalized spacial score (nSPS) is 11.9. The van der Waals surface area contributed by atoms with Crippen molar-refractivity contribution in [3.05, 3.63) is 34.4 Å². The Morgan fingerprint density at radius 2 is 1.25 bits per heavy atom. The Morgan fingerprint density at radius 3 is 1.62 bits per heavy atom. The Morgan fingerprint density at radius 1 is 0.750 bits per heavy atom. The standard InChI is InChI=1S/C10H8Br6/c1-4-2-3-5(8(11)12)7(10(15)16)6(4)9(13)14/h2-3,8-10H,1H3. The van der Waals surface area contributed by atoms with Gasteiger partial charge in [0.15, 0.2) is 0 Å². The van der Waals surface area contributed by atoms with Crippen molar-refractivity contribution in [2.75, 3.05) is 0 Å². The summed E-state index contributed by atoms with van der Waals surface area (Å²) in [6, 6.07) is 4.25. The van der Waals surface area contributed by atoms with Crippen LogP contribution in [-0.2, 0) is 0 Å². The molecule has 90 valence electrons. The van der Waals surface area contributed by atoms with Crippen LogP contribution < -0.4 is 0 Å². The summed E-state index contributed by atoms with van der Waals surface area (Å²) in [7, 11) is 0. The lowest BCUT2D eigenvalue weighted by molar-refractivity contribution is 1.17. The number of halogens is 6. The van der Waals surface area contributed by atoms with Crippen LogP contribution in [0, 0.1) is 6.92 Å². The van der Waals surface area contributed by atoms with Gasteiger partial charge in [-0.05, 0) is 29.2 Å². The molecule has 0 aromatic heterocycles. The zero-order valence-electron chi connectivity index (χ0n) is 8.15. The number of rotatable bonds is 3. The van der Waals surface area contributed by atoms with Gasteiger partial charge in [0.25, 0.3) is 0 Å². The zero-order chi connectivity index (χ0) is 12.5. The van der Waals surface area contributed by atoms with E-state index < -0.39 is 0 Å². The number of hydrogen-bond acceptors (Lipinski definition) is 0. The minimum atomic E-state index is 0.125. The average Bonchev–Trinajstić information content (AvgIpc) is 2.15. The van der Waals surface area contributed by atoms with E-state index in [-0.39, 0.29) is 11.2 Å². The highest BCUT2D eigenvalue weighted by atomic mass is 79.9. The van der Waals surface area contributed by atoms with E-state index in [2.05, 4.69) is 115 Å². The summed E-state index contributed by atoms with van der Waals surface area (Å²) in [5, 5.41) is 0. The molecule has 0 N–H and O–H groups in total. The van der Waals surface area contributed by atoms with Crippen LogP contribution in [-0.4, -0.2) is 0 Å². The lowest BCUT2D eigenvalue weighted by Gasteiger charge is -2.20. The fourth-order valence-corrected chi connectivity index (χ4v) is 4.52. The van der Waals surface area contributed by atoms with Crippen LogP contribution in [0.25, 0.3) is 0 Å². The molecule has 1 aromatic rings. The molecule has 1 aromatic carbocycles. The molecule has 0 nitrogen and oxygen atoms in total. The molecule has 0 saturated heterocycles. The molecule has 0 unspecified atom stereocenters. The molecule has 1 rings (SSSR count). The molecule has 6 heteroatoms. The fraction of sp³-hybridized carbons (Fsp3) is 0.400. The van der Waals surface area contributed by atoms with E-state index in [1.165, 1.54) is 22.3 Å². The summed E-state index contributed by atoms with van der Waals surface area (Å²) < 4.78 is 0.414. The van der Waals surface area contributed by atoms with Crippen LogP contribution in [0.4, 0.5) is 0 Å². The first kappa shape index (κ1) is 16.2. The summed E-state index contributed by atoms with van der Waals surface area (Å²) in [5.41, 5.74) is 4.95. The smallest absolute Gasteiger partial charge is 0.0712 e. The molecule has 0 heterocycles. The summed E-state index contributed by atoms with van der Waals surface area (Å²) in [6.07, 6.45) is 0. The largest absolute Gasteiger partial charge is 0.0953 e. The third-order valence-electron chi connectivity index (χ3n) is 2.21. The van der Waals surface area contributed by atoms with Gasteiger partial charge < -0.3 is 0 Å². The van der Waals surface area contributed by atoms with E-state index in [4.69, 9.17) is 0 Å². The summed E-state index contributed by atoms with van der Waals surface area (Å²) in [5.74, 6) is 0. The van der Waals surface area contributed by atoms with Crippen LogP contribution in [0.5, 0.6) is 0 Å². The second kappa shape index (κ2) is 7.04. The predicted octanol–water partition coefficient (Wildman–Crippen LogP) is 7.36. The highest BCUT2D eigenvalue weighted by Gasteiger charge is 2.22. The lowest BCUT2D eigenvalue weighted by atomic mass is 10.00. The van der Waals surface area contributed by atoms with Crippen molar-refractivity contribution in [1.29, 1.82) is 0 Å². The molecule has 0 bridgehead atoms. The Balaban J connectivity index is 3.50. The highest BCUT2D eigenvalue weighted by Crippen LogP contribution is 2.46. The number of benzene rings is 1. The quantitative estimate of drug-likeness (QED) is 0.315. The second-order valence-corrected chi connectivity index (χ2v) is 12.4. The van der Waals surface area contributed by atoms with Crippen molar-refractivity contribution in [3.63, 3.8) is 0 Å². The molecule has 0 saturated carbocycles. The topological polar surface area (TPSA) is 0 Å². The van der Waals surface area contributed by atoms with Crippen molar-refractivity contribution in [2.24, 2.45) is 0 Å². The number of hydrogen-bond donors (Lipinski definition) is 0. The first-order valence-electron chi connectivity index (χ1n) is 4.34. The van der Waals surface area contributed by atoms with Gasteiger partial charge in [-0.15, -0.1) is 0 Å². The van der Waals surface area contributed by atoms with Gasteiger partial charge >= 0.3 is 0 Å². The van der Waals surface area contributed by atoms with Crippen molar-refractivity contribution < 1.29 is 0 Å². The molecule has 0 aliphatic rings. The first-order chi connectivity index (χ1) is 7.36. The van der Waals surface area contributed by atoms with Crippen molar-refractivity contribution in [3.8, 4) is 0 Å². The summed E-state index contributed by atoms with van der Waals surface area (Å²) >= 11 is 21.4. The Labute approximate surface area is 146 Å². The van der Waals surface area contributed by atoms with E-state index in [1.54, 1.807) is 0 Å². The maximum absolute atomic E-state index is 3.59. The molecular weight excluding hydrogens is 600 g/mol. The van der Waals surface area contributed by atoms with Gasteiger partial charge in [0, 0.05) is 0 Å². The lowest BCUT2D eigenvalue weighted by Crippen LogP contribution is -2.01. The van der Waals surface area contributed by atoms with Crippen LogP contribution >= 0.6 is 95.6 Å². The van der Waals surface area contributed by atoms with Gasteiger partial charge in [-0.1, -0.05) is 108 Å². The summed E-state index contributed by atoms with van der Waals surface area (Å²) in [6.45, 7) is 2.11. The molecule has 0 radical (unpaired) electrons. The van der Waals surface area contributed by atoms with Crippen molar-refractivity contribution in [2.45, 2.75) is 18.1 Å². The van der Waals surface area contributed by atoms with Gasteiger partial charge in [0.1, 0.15) is 0 Å².